The van der Waals surface area contributed by atoms with E-state index in [0.717, 1.165) is 0 Å². The van der Waals surface area contributed by atoms with Crippen LogP contribution in [0.5, 0.6) is 17.2 Å². The minimum atomic E-state index is -0.768. The maximum Gasteiger partial charge on any atom is 0.132 e. The van der Waals surface area contributed by atoms with E-state index in [0.29, 0.717) is 29.2 Å². The summed E-state index contributed by atoms with van der Waals surface area (Å²) in [6.45, 7) is 6.15. The fraction of sp³-hybridized carbons (Fsp3) is 0.625. The lowest BCUT2D eigenvalue weighted by Crippen LogP contribution is -2.36. The van der Waals surface area contributed by atoms with E-state index in [1.165, 1.54) is 0 Å². The molecule has 5 heteroatoms. The van der Waals surface area contributed by atoms with Crippen molar-refractivity contribution in [1.29, 1.82) is 0 Å². The van der Waals surface area contributed by atoms with Crippen molar-refractivity contribution in [3.05, 3.63) is 17.7 Å². The molecule has 2 atom stereocenters. The maximum atomic E-state index is 10.6. The van der Waals surface area contributed by atoms with Gasteiger partial charge in [-0.05, 0) is 11.8 Å². The Morgan fingerprint density at radius 3 is 1.86 bits per heavy atom. The highest BCUT2D eigenvalue weighted by Gasteiger charge is 2.27. The number of aliphatic hydroxyl groups is 1. The van der Waals surface area contributed by atoms with Crippen LogP contribution in [-0.4, -0.2) is 32.5 Å². The summed E-state index contributed by atoms with van der Waals surface area (Å²) in [4.78, 5) is 0. The zero-order valence-corrected chi connectivity index (χ0v) is 13.8. The van der Waals surface area contributed by atoms with Gasteiger partial charge in [-0.25, -0.2) is 0 Å². The van der Waals surface area contributed by atoms with Crippen LogP contribution in [0.4, 0.5) is 0 Å². The van der Waals surface area contributed by atoms with E-state index >= 15 is 0 Å². The van der Waals surface area contributed by atoms with Crippen molar-refractivity contribution in [2.45, 2.75) is 39.3 Å². The fourth-order valence-electron chi connectivity index (χ4n) is 2.07. The zero-order valence-electron chi connectivity index (χ0n) is 13.8. The molecular formula is C16H27NO4. The van der Waals surface area contributed by atoms with Gasteiger partial charge in [0.25, 0.3) is 0 Å². The van der Waals surface area contributed by atoms with Crippen LogP contribution < -0.4 is 19.9 Å². The Bertz CT molecular complexity index is 443. The molecule has 5 nitrogen and oxygen atoms in total. The standard InChI is InChI=1S/C16H27NO4/c1-16(2,3)14(17)9-11(18)15-12(20-5)7-10(19-4)8-13(15)21-6/h7-8,11,14,18H,9,17H2,1-6H3/t11-,14+/m0/s1. The van der Waals surface area contributed by atoms with Crippen molar-refractivity contribution in [3.63, 3.8) is 0 Å². The van der Waals surface area contributed by atoms with Gasteiger partial charge in [0, 0.05) is 18.2 Å². The molecule has 0 unspecified atom stereocenters. The van der Waals surface area contributed by atoms with Gasteiger partial charge in [-0.2, -0.15) is 0 Å². The number of aliphatic hydroxyl groups excluding tert-OH is 1. The molecular weight excluding hydrogens is 270 g/mol. The molecule has 0 bridgehead atoms. The topological polar surface area (TPSA) is 73.9 Å². The van der Waals surface area contributed by atoms with Crippen molar-refractivity contribution >= 4 is 0 Å². The number of hydrogen-bond donors (Lipinski definition) is 2. The highest BCUT2D eigenvalue weighted by atomic mass is 16.5. The molecule has 0 aliphatic rings. The molecule has 0 saturated carbocycles. The molecule has 120 valence electrons. The first-order valence-corrected chi connectivity index (χ1v) is 6.98. The van der Waals surface area contributed by atoms with Crippen molar-refractivity contribution in [3.8, 4) is 17.2 Å². The molecule has 0 aliphatic carbocycles. The molecule has 0 aliphatic heterocycles. The van der Waals surface area contributed by atoms with Gasteiger partial charge in [0.2, 0.25) is 0 Å². The van der Waals surface area contributed by atoms with Gasteiger partial charge in [-0.1, -0.05) is 20.8 Å². The summed E-state index contributed by atoms with van der Waals surface area (Å²) in [7, 11) is 4.67. The van der Waals surface area contributed by atoms with Gasteiger partial charge in [0.1, 0.15) is 17.2 Å². The van der Waals surface area contributed by atoms with E-state index in [2.05, 4.69) is 0 Å². The second-order valence-corrected chi connectivity index (χ2v) is 6.17. The third kappa shape index (κ3) is 4.25. The van der Waals surface area contributed by atoms with Crippen LogP contribution in [0, 0.1) is 5.41 Å². The number of nitrogens with two attached hydrogens (primary N) is 1. The molecule has 0 fully saturated rings. The van der Waals surface area contributed by atoms with Gasteiger partial charge in [-0.3, -0.25) is 0 Å². The Kier molecular flexibility index (Phi) is 5.87. The van der Waals surface area contributed by atoms with Crippen LogP contribution in [0.2, 0.25) is 0 Å². The van der Waals surface area contributed by atoms with E-state index in [4.69, 9.17) is 19.9 Å². The first-order chi connectivity index (χ1) is 9.74. The second kappa shape index (κ2) is 7.00. The Morgan fingerprint density at radius 2 is 1.52 bits per heavy atom. The summed E-state index contributed by atoms with van der Waals surface area (Å²) in [5, 5.41) is 10.6. The third-order valence-corrected chi connectivity index (χ3v) is 3.68. The number of hydrogen-bond acceptors (Lipinski definition) is 5. The molecule has 0 spiro atoms. The van der Waals surface area contributed by atoms with Crippen LogP contribution in [0.1, 0.15) is 38.9 Å². The van der Waals surface area contributed by atoms with Crippen LogP contribution in [0.3, 0.4) is 0 Å². The largest absolute Gasteiger partial charge is 0.496 e. The molecule has 0 amide bonds. The number of methoxy groups -OCH3 is 3. The molecule has 0 aromatic heterocycles. The van der Waals surface area contributed by atoms with Crippen molar-refractivity contribution in [1.82, 2.24) is 0 Å². The summed E-state index contributed by atoms with van der Waals surface area (Å²) in [6, 6.07) is 3.30. The third-order valence-electron chi connectivity index (χ3n) is 3.68. The number of benzene rings is 1. The molecule has 3 N–H and O–H groups in total. The first kappa shape index (κ1) is 17.6. The Balaban J connectivity index is 3.15. The van der Waals surface area contributed by atoms with Gasteiger partial charge < -0.3 is 25.1 Å². The van der Waals surface area contributed by atoms with Crippen LogP contribution >= 0.6 is 0 Å². The van der Waals surface area contributed by atoms with Gasteiger partial charge in [-0.15, -0.1) is 0 Å². The van der Waals surface area contributed by atoms with E-state index in [1.807, 2.05) is 20.8 Å². The van der Waals surface area contributed by atoms with Crippen LogP contribution in [-0.2, 0) is 0 Å². The molecule has 0 radical (unpaired) electrons. The molecule has 21 heavy (non-hydrogen) atoms. The monoisotopic (exact) mass is 297 g/mol. The lowest BCUT2D eigenvalue weighted by Gasteiger charge is -2.29. The fourth-order valence-corrected chi connectivity index (χ4v) is 2.07. The normalized spacial score (nSPS) is 14.5. The average Bonchev–Trinajstić information content (AvgIpc) is 2.44. The molecule has 0 saturated heterocycles. The van der Waals surface area contributed by atoms with Crippen molar-refractivity contribution < 1.29 is 19.3 Å². The Labute approximate surface area is 127 Å². The summed E-state index contributed by atoms with van der Waals surface area (Å²) in [5.41, 5.74) is 6.67. The van der Waals surface area contributed by atoms with E-state index < -0.39 is 6.10 Å². The smallest absolute Gasteiger partial charge is 0.132 e. The number of ether oxygens (including phenoxy) is 3. The highest BCUT2D eigenvalue weighted by Crippen LogP contribution is 2.40. The lowest BCUT2D eigenvalue weighted by atomic mass is 9.83. The molecule has 1 rings (SSSR count). The van der Waals surface area contributed by atoms with Crippen molar-refractivity contribution in [2.24, 2.45) is 11.1 Å². The molecule has 1 aromatic rings. The second-order valence-electron chi connectivity index (χ2n) is 6.17. The lowest BCUT2D eigenvalue weighted by molar-refractivity contribution is 0.127. The quantitative estimate of drug-likeness (QED) is 0.844. The van der Waals surface area contributed by atoms with Gasteiger partial charge in [0.15, 0.2) is 0 Å². The molecule has 1 aromatic carbocycles. The minimum absolute atomic E-state index is 0.0894. The maximum absolute atomic E-state index is 10.6. The summed E-state index contributed by atoms with van der Waals surface area (Å²) >= 11 is 0. The average molecular weight is 297 g/mol. The predicted molar refractivity (Wildman–Crippen MR) is 83.1 cm³/mol. The van der Waals surface area contributed by atoms with Gasteiger partial charge >= 0.3 is 0 Å². The summed E-state index contributed by atoms with van der Waals surface area (Å²) < 4.78 is 15.9. The number of rotatable bonds is 6. The van der Waals surface area contributed by atoms with E-state index in [1.54, 1.807) is 33.5 Å². The first-order valence-electron chi connectivity index (χ1n) is 6.98. The van der Waals surface area contributed by atoms with E-state index in [9.17, 15) is 5.11 Å². The van der Waals surface area contributed by atoms with Crippen LogP contribution in [0.25, 0.3) is 0 Å². The highest BCUT2D eigenvalue weighted by molar-refractivity contribution is 5.51. The SMILES string of the molecule is COc1cc(OC)c([C@@H](O)C[C@@H](N)C(C)(C)C)c(OC)c1. The van der Waals surface area contributed by atoms with E-state index in [-0.39, 0.29) is 11.5 Å². The molecule has 0 heterocycles. The minimum Gasteiger partial charge on any atom is -0.496 e. The van der Waals surface area contributed by atoms with Gasteiger partial charge in [0.05, 0.1) is 33.0 Å². The van der Waals surface area contributed by atoms with Crippen molar-refractivity contribution in [2.75, 3.05) is 21.3 Å². The zero-order chi connectivity index (χ0) is 16.2. The summed E-state index contributed by atoms with van der Waals surface area (Å²) in [5.74, 6) is 1.67. The summed E-state index contributed by atoms with van der Waals surface area (Å²) in [6.07, 6.45) is -0.349. The Hall–Kier alpha value is -1.46. The van der Waals surface area contributed by atoms with Crippen LogP contribution in [0.15, 0.2) is 12.1 Å². The Morgan fingerprint density at radius 1 is 1.05 bits per heavy atom. The predicted octanol–water partition coefficient (Wildman–Crippen LogP) is 2.51.